The molecule has 0 spiro atoms. The van der Waals surface area contributed by atoms with E-state index in [2.05, 4.69) is 20.9 Å². The number of pyridine rings is 1. The molecule has 5 heteroatoms. The second-order valence-electron chi connectivity index (χ2n) is 4.56. The van der Waals surface area contributed by atoms with Crippen LogP contribution >= 0.6 is 15.9 Å². The minimum Gasteiger partial charge on any atom is -0.261 e. The van der Waals surface area contributed by atoms with Gasteiger partial charge in [-0.2, -0.15) is 13.2 Å². The third kappa shape index (κ3) is 3.39. The van der Waals surface area contributed by atoms with Crippen LogP contribution in [-0.2, 0) is 6.18 Å². The van der Waals surface area contributed by atoms with Crippen molar-refractivity contribution in [2.45, 2.75) is 23.8 Å². The van der Waals surface area contributed by atoms with E-state index < -0.39 is 11.7 Å². The summed E-state index contributed by atoms with van der Waals surface area (Å²) in [4.78, 5) is 4.19. The minimum absolute atomic E-state index is 0.0629. The minimum atomic E-state index is -4.30. The highest BCUT2D eigenvalue weighted by Gasteiger charge is 2.30. The van der Waals surface area contributed by atoms with Gasteiger partial charge in [-0.3, -0.25) is 4.98 Å². The van der Waals surface area contributed by atoms with E-state index in [0.717, 1.165) is 23.4 Å². The Morgan fingerprint density at radius 1 is 1.05 bits per heavy atom. The number of aromatic nitrogens is 1. The van der Waals surface area contributed by atoms with Gasteiger partial charge in [0.2, 0.25) is 0 Å². The normalized spacial score (nSPS) is 14.8. The average molecular weight is 344 g/mol. The van der Waals surface area contributed by atoms with Gasteiger partial charge in [-0.1, -0.05) is 41.1 Å². The number of alkyl halides is 4. The Bertz CT molecular complexity index is 552. The fourth-order valence-electron chi connectivity index (χ4n) is 1.94. The lowest BCUT2D eigenvalue weighted by Gasteiger charge is -2.19. The maximum atomic E-state index is 12.5. The SMILES string of the molecule is CC(c1ccccn1)C(Br)c1ccc(C(F)(F)F)cc1. The van der Waals surface area contributed by atoms with Crippen molar-refractivity contribution in [1.29, 1.82) is 0 Å². The molecule has 1 heterocycles. The molecule has 2 rings (SSSR count). The van der Waals surface area contributed by atoms with Gasteiger partial charge >= 0.3 is 6.18 Å². The Labute approximate surface area is 124 Å². The number of rotatable bonds is 3. The third-order valence-corrected chi connectivity index (χ3v) is 4.47. The molecular weight excluding hydrogens is 331 g/mol. The van der Waals surface area contributed by atoms with Crippen molar-refractivity contribution in [3.05, 3.63) is 65.5 Å². The van der Waals surface area contributed by atoms with Gasteiger partial charge in [0.15, 0.2) is 0 Å². The topological polar surface area (TPSA) is 12.9 Å². The number of benzene rings is 1. The van der Waals surface area contributed by atoms with Crippen LogP contribution in [0.4, 0.5) is 13.2 Å². The zero-order valence-electron chi connectivity index (χ0n) is 10.7. The van der Waals surface area contributed by atoms with Gasteiger partial charge in [-0.05, 0) is 29.8 Å². The maximum Gasteiger partial charge on any atom is 0.416 e. The number of hydrogen-bond acceptors (Lipinski definition) is 1. The lowest BCUT2D eigenvalue weighted by atomic mass is 9.96. The van der Waals surface area contributed by atoms with E-state index in [4.69, 9.17) is 0 Å². The van der Waals surface area contributed by atoms with Gasteiger partial charge in [-0.15, -0.1) is 0 Å². The first-order chi connectivity index (χ1) is 9.39. The van der Waals surface area contributed by atoms with Crippen LogP contribution in [0.1, 0.15) is 34.5 Å². The molecule has 0 fully saturated rings. The van der Waals surface area contributed by atoms with Crippen LogP contribution < -0.4 is 0 Å². The average Bonchev–Trinajstić information content (AvgIpc) is 2.46. The molecule has 106 valence electrons. The van der Waals surface area contributed by atoms with Crippen LogP contribution in [0, 0.1) is 0 Å². The summed E-state index contributed by atoms with van der Waals surface area (Å²) in [5.74, 6) is 0.0629. The van der Waals surface area contributed by atoms with Crippen molar-refractivity contribution >= 4 is 15.9 Å². The first-order valence-electron chi connectivity index (χ1n) is 6.12. The Morgan fingerprint density at radius 2 is 1.70 bits per heavy atom. The predicted molar refractivity (Wildman–Crippen MR) is 75.8 cm³/mol. The van der Waals surface area contributed by atoms with E-state index in [1.54, 1.807) is 6.20 Å². The Kier molecular flexibility index (Phi) is 4.48. The van der Waals surface area contributed by atoms with E-state index >= 15 is 0 Å². The van der Waals surface area contributed by atoms with Crippen molar-refractivity contribution in [3.8, 4) is 0 Å². The first-order valence-corrected chi connectivity index (χ1v) is 7.03. The van der Waals surface area contributed by atoms with Crippen molar-refractivity contribution in [3.63, 3.8) is 0 Å². The molecule has 0 aliphatic heterocycles. The monoisotopic (exact) mass is 343 g/mol. The van der Waals surface area contributed by atoms with Gasteiger partial charge < -0.3 is 0 Å². The van der Waals surface area contributed by atoms with Crippen LogP contribution in [0.3, 0.4) is 0 Å². The molecular formula is C15H13BrF3N. The van der Waals surface area contributed by atoms with Crippen LogP contribution in [0.25, 0.3) is 0 Å². The summed E-state index contributed by atoms with van der Waals surface area (Å²) in [5, 5.41) is 0. The Morgan fingerprint density at radius 3 is 2.20 bits per heavy atom. The standard InChI is InChI=1S/C15H13BrF3N/c1-10(13-4-2-3-9-20-13)14(16)11-5-7-12(8-6-11)15(17,18)19/h2-10,14H,1H3. The summed E-state index contributed by atoms with van der Waals surface area (Å²) in [6, 6.07) is 10.8. The fraction of sp³-hybridized carbons (Fsp3) is 0.267. The third-order valence-electron chi connectivity index (χ3n) is 3.15. The van der Waals surface area contributed by atoms with Crippen LogP contribution in [-0.4, -0.2) is 4.98 Å². The van der Waals surface area contributed by atoms with Gasteiger partial charge in [0.05, 0.1) is 5.56 Å². The number of halogens is 4. The highest BCUT2D eigenvalue weighted by atomic mass is 79.9. The molecule has 2 aromatic rings. The molecule has 0 radical (unpaired) electrons. The smallest absolute Gasteiger partial charge is 0.261 e. The van der Waals surface area contributed by atoms with Gasteiger partial charge in [-0.25, -0.2) is 0 Å². The lowest BCUT2D eigenvalue weighted by Crippen LogP contribution is -2.07. The van der Waals surface area contributed by atoms with Gasteiger partial charge in [0.25, 0.3) is 0 Å². The maximum absolute atomic E-state index is 12.5. The second-order valence-corrected chi connectivity index (χ2v) is 5.55. The molecule has 0 bridgehead atoms. The summed E-state index contributed by atoms with van der Waals surface area (Å²) < 4.78 is 37.6. The van der Waals surface area contributed by atoms with E-state index in [-0.39, 0.29) is 10.7 Å². The fourth-order valence-corrected chi connectivity index (χ4v) is 2.52. The lowest BCUT2D eigenvalue weighted by molar-refractivity contribution is -0.137. The van der Waals surface area contributed by atoms with E-state index in [0.29, 0.717) is 0 Å². The molecule has 0 N–H and O–H groups in total. The molecule has 0 saturated carbocycles. The predicted octanol–water partition coefficient (Wildman–Crippen LogP) is 5.34. The largest absolute Gasteiger partial charge is 0.416 e. The molecule has 20 heavy (non-hydrogen) atoms. The highest BCUT2D eigenvalue weighted by molar-refractivity contribution is 9.09. The van der Waals surface area contributed by atoms with E-state index in [1.165, 1.54) is 12.1 Å². The Hall–Kier alpha value is -1.36. The van der Waals surface area contributed by atoms with Crippen LogP contribution in [0.2, 0.25) is 0 Å². The summed E-state index contributed by atoms with van der Waals surface area (Å²) in [5.41, 5.74) is 1.07. The van der Waals surface area contributed by atoms with E-state index in [9.17, 15) is 13.2 Å². The molecule has 0 saturated heterocycles. The van der Waals surface area contributed by atoms with Crippen molar-refractivity contribution in [2.24, 2.45) is 0 Å². The molecule has 0 aliphatic rings. The zero-order valence-corrected chi connectivity index (χ0v) is 12.3. The Balaban J connectivity index is 2.19. The zero-order chi connectivity index (χ0) is 14.8. The summed E-state index contributed by atoms with van der Waals surface area (Å²) in [6.07, 6.45) is -2.59. The molecule has 2 unspecified atom stereocenters. The van der Waals surface area contributed by atoms with Crippen LogP contribution in [0.5, 0.6) is 0 Å². The van der Waals surface area contributed by atoms with E-state index in [1.807, 2.05) is 25.1 Å². The first kappa shape index (κ1) is 15.0. The quantitative estimate of drug-likeness (QED) is 0.685. The second kappa shape index (κ2) is 5.95. The van der Waals surface area contributed by atoms with Gasteiger partial charge in [0, 0.05) is 22.6 Å². The van der Waals surface area contributed by atoms with Crippen molar-refractivity contribution < 1.29 is 13.2 Å². The molecule has 1 aromatic carbocycles. The molecule has 1 nitrogen and oxygen atoms in total. The van der Waals surface area contributed by atoms with Crippen LogP contribution in [0.15, 0.2) is 48.7 Å². The molecule has 0 amide bonds. The summed E-state index contributed by atoms with van der Waals surface area (Å²) >= 11 is 3.54. The summed E-state index contributed by atoms with van der Waals surface area (Å²) in [6.45, 7) is 1.99. The number of hydrogen-bond donors (Lipinski definition) is 0. The highest BCUT2D eigenvalue weighted by Crippen LogP contribution is 2.38. The molecule has 0 aliphatic carbocycles. The molecule has 1 aromatic heterocycles. The van der Waals surface area contributed by atoms with Gasteiger partial charge in [0.1, 0.15) is 0 Å². The number of nitrogens with zero attached hydrogens (tertiary/aromatic N) is 1. The molecule has 2 atom stereocenters. The van der Waals surface area contributed by atoms with Crippen molar-refractivity contribution in [1.82, 2.24) is 4.98 Å². The van der Waals surface area contributed by atoms with Crippen molar-refractivity contribution in [2.75, 3.05) is 0 Å². The summed E-state index contributed by atoms with van der Waals surface area (Å²) in [7, 11) is 0.